The van der Waals surface area contributed by atoms with Gasteiger partial charge in [0, 0.05) is 0 Å². The lowest BCUT2D eigenvalue weighted by Crippen LogP contribution is -2.01. The van der Waals surface area contributed by atoms with Crippen LogP contribution in [0, 0.1) is 0 Å². The fourth-order valence-electron chi connectivity index (χ4n) is 3.14. The van der Waals surface area contributed by atoms with Crippen LogP contribution in [0.3, 0.4) is 0 Å². The van der Waals surface area contributed by atoms with E-state index in [1.54, 1.807) is 0 Å². The Morgan fingerprint density at radius 1 is 1.21 bits per heavy atom. The monoisotopic (exact) mass is 318 g/mol. The number of carbonyl (C=O) groups is 1. The fraction of sp³-hybridized carbons (Fsp3) is 0.227. The highest BCUT2D eigenvalue weighted by Gasteiger charge is 2.12. The van der Waals surface area contributed by atoms with Gasteiger partial charge in [-0.25, -0.2) is 4.79 Å². The van der Waals surface area contributed by atoms with E-state index in [4.69, 9.17) is 4.74 Å². The first kappa shape index (κ1) is 16.3. The molecule has 0 bridgehead atoms. The van der Waals surface area contributed by atoms with Crippen molar-refractivity contribution in [3.8, 4) is 0 Å². The number of benzene rings is 2. The third kappa shape index (κ3) is 3.05. The Labute approximate surface area is 143 Å². The molecular formula is C22H22O2. The lowest BCUT2D eigenvalue weighted by atomic mass is 9.93. The minimum Gasteiger partial charge on any atom is -0.465 e. The van der Waals surface area contributed by atoms with Gasteiger partial charge in [0.25, 0.3) is 0 Å². The fourth-order valence-corrected chi connectivity index (χ4v) is 3.14. The van der Waals surface area contributed by atoms with Crippen LogP contribution < -0.4 is 0 Å². The topological polar surface area (TPSA) is 26.3 Å². The molecule has 24 heavy (non-hydrogen) atoms. The van der Waals surface area contributed by atoms with Crippen LogP contribution in [0.4, 0.5) is 0 Å². The zero-order chi connectivity index (χ0) is 17.1. The van der Waals surface area contributed by atoms with Crippen molar-refractivity contribution in [2.24, 2.45) is 0 Å². The summed E-state index contributed by atoms with van der Waals surface area (Å²) in [6, 6.07) is 12.0. The van der Waals surface area contributed by atoms with Crippen molar-refractivity contribution in [1.29, 1.82) is 0 Å². The zero-order valence-electron chi connectivity index (χ0n) is 14.4. The molecule has 0 N–H and O–H groups in total. The van der Waals surface area contributed by atoms with E-state index in [1.165, 1.54) is 23.8 Å². The van der Waals surface area contributed by atoms with Crippen LogP contribution in [-0.2, 0) is 4.74 Å². The Morgan fingerprint density at radius 2 is 2.04 bits per heavy atom. The number of carbonyl (C=O) groups excluding carboxylic acids is 1. The number of methoxy groups -OCH3 is 1. The van der Waals surface area contributed by atoms with Crippen molar-refractivity contribution < 1.29 is 9.53 Å². The Kier molecular flexibility index (Phi) is 4.66. The SMILES string of the molecule is CCC1=CC(c2cccc3ccc(C(=O)OC)cc23)=C(C)C=CC1. The van der Waals surface area contributed by atoms with Gasteiger partial charge >= 0.3 is 5.97 Å². The van der Waals surface area contributed by atoms with E-state index in [9.17, 15) is 4.79 Å². The normalized spacial score (nSPS) is 14.5. The number of fused-ring (bicyclic) bond motifs is 1. The lowest BCUT2D eigenvalue weighted by molar-refractivity contribution is 0.0601. The van der Waals surface area contributed by atoms with Crippen LogP contribution in [0.2, 0.25) is 0 Å². The Morgan fingerprint density at radius 3 is 2.79 bits per heavy atom. The lowest BCUT2D eigenvalue weighted by Gasteiger charge is -2.12. The molecule has 0 atom stereocenters. The number of ether oxygens (including phenoxy) is 1. The molecule has 0 amide bonds. The Hall–Kier alpha value is -2.61. The van der Waals surface area contributed by atoms with E-state index >= 15 is 0 Å². The molecule has 0 saturated heterocycles. The van der Waals surface area contributed by atoms with Crippen molar-refractivity contribution in [3.63, 3.8) is 0 Å². The van der Waals surface area contributed by atoms with Gasteiger partial charge in [0.05, 0.1) is 12.7 Å². The molecule has 1 aliphatic carbocycles. The number of hydrogen-bond donors (Lipinski definition) is 0. The van der Waals surface area contributed by atoms with Gasteiger partial charge in [-0.15, -0.1) is 0 Å². The molecule has 1 aliphatic rings. The van der Waals surface area contributed by atoms with E-state index in [-0.39, 0.29) is 5.97 Å². The van der Waals surface area contributed by atoms with Crippen LogP contribution in [0.15, 0.2) is 65.8 Å². The second-order valence-electron chi connectivity index (χ2n) is 6.09. The predicted molar refractivity (Wildman–Crippen MR) is 100 cm³/mol. The first-order valence-corrected chi connectivity index (χ1v) is 8.32. The summed E-state index contributed by atoms with van der Waals surface area (Å²) in [5, 5.41) is 2.21. The summed E-state index contributed by atoms with van der Waals surface area (Å²) in [5.74, 6) is -0.303. The average Bonchev–Trinajstić information content (AvgIpc) is 2.81. The Bertz CT molecular complexity index is 882. The molecule has 0 fully saturated rings. The predicted octanol–water partition coefficient (Wildman–Crippen LogP) is 5.70. The summed E-state index contributed by atoms with van der Waals surface area (Å²) in [7, 11) is 1.41. The molecule has 0 radical (unpaired) electrons. The molecule has 0 aliphatic heterocycles. The van der Waals surface area contributed by atoms with E-state index in [1.807, 2.05) is 18.2 Å². The maximum atomic E-state index is 11.9. The van der Waals surface area contributed by atoms with Gasteiger partial charge in [-0.2, -0.15) is 0 Å². The maximum Gasteiger partial charge on any atom is 0.337 e. The van der Waals surface area contributed by atoms with Gasteiger partial charge in [0.15, 0.2) is 0 Å². The first-order valence-electron chi connectivity index (χ1n) is 8.32. The Balaban J connectivity index is 2.25. The largest absolute Gasteiger partial charge is 0.465 e. The summed E-state index contributed by atoms with van der Waals surface area (Å²) in [6.45, 7) is 4.33. The molecule has 3 rings (SSSR count). The van der Waals surface area contributed by atoms with E-state index < -0.39 is 0 Å². The molecule has 0 unspecified atom stereocenters. The molecule has 122 valence electrons. The average molecular weight is 318 g/mol. The number of allylic oxidation sites excluding steroid dienone is 6. The molecule has 0 heterocycles. The summed E-state index contributed by atoms with van der Waals surface area (Å²) in [6.07, 6.45) is 8.75. The minimum absolute atomic E-state index is 0.303. The van der Waals surface area contributed by atoms with Gasteiger partial charge in [0.2, 0.25) is 0 Å². The van der Waals surface area contributed by atoms with Crippen LogP contribution in [-0.4, -0.2) is 13.1 Å². The van der Waals surface area contributed by atoms with Gasteiger partial charge < -0.3 is 4.74 Å². The van der Waals surface area contributed by atoms with Crippen LogP contribution in [0.5, 0.6) is 0 Å². The second-order valence-corrected chi connectivity index (χ2v) is 6.09. The molecule has 2 heteroatoms. The zero-order valence-corrected chi connectivity index (χ0v) is 14.4. The minimum atomic E-state index is -0.303. The number of esters is 1. The quantitative estimate of drug-likeness (QED) is 0.679. The maximum absolute atomic E-state index is 11.9. The van der Waals surface area contributed by atoms with Gasteiger partial charge in [-0.1, -0.05) is 55.0 Å². The summed E-state index contributed by atoms with van der Waals surface area (Å²) < 4.78 is 4.87. The van der Waals surface area contributed by atoms with Crippen molar-refractivity contribution >= 4 is 22.3 Å². The van der Waals surface area contributed by atoms with Crippen LogP contribution in [0.25, 0.3) is 16.3 Å². The van der Waals surface area contributed by atoms with Crippen molar-refractivity contribution in [2.75, 3.05) is 7.11 Å². The molecular weight excluding hydrogens is 296 g/mol. The van der Waals surface area contributed by atoms with Crippen LogP contribution in [0.1, 0.15) is 42.6 Å². The molecule has 2 aromatic rings. The van der Waals surface area contributed by atoms with E-state index in [0.29, 0.717) is 5.56 Å². The molecule has 0 saturated carbocycles. The molecule has 0 aromatic heterocycles. The third-order valence-corrected chi connectivity index (χ3v) is 4.57. The van der Waals surface area contributed by atoms with E-state index in [2.05, 4.69) is 50.3 Å². The summed E-state index contributed by atoms with van der Waals surface area (Å²) in [4.78, 5) is 11.9. The second kappa shape index (κ2) is 6.88. The highest BCUT2D eigenvalue weighted by atomic mass is 16.5. The standard InChI is InChI=1S/C22H22O2/c1-4-16-8-5-7-15(2)20(13-16)19-10-6-9-17-11-12-18(14-21(17)19)22(23)24-3/h5-7,9-14H,4,8H2,1-3H3. The van der Waals surface area contributed by atoms with Crippen molar-refractivity contribution in [3.05, 3.63) is 76.9 Å². The first-order chi connectivity index (χ1) is 11.6. The smallest absolute Gasteiger partial charge is 0.337 e. The number of rotatable bonds is 3. The highest BCUT2D eigenvalue weighted by Crippen LogP contribution is 2.32. The molecule has 0 spiro atoms. The summed E-state index contributed by atoms with van der Waals surface area (Å²) in [5.41, 5.74) is 5.63. The van der Waals surface area contributed by atoms with Gasteiger partial charge in [0.1, 0.15) is 0 Å². The third-order valence-electron chi connectivity index (χ3n) is 4.57. The van der Waals surface area contributed by atoms with Crippen molar-refractivity contribution in [1.82, 2.24) is 0 Å². The summed E-state index contributed by atoms with van der Waals surface area (Å²) >= 11 is 0. The van der Waals surface area contributed by atoms with Gasteiger partial charge in [-0.05, 0) is 59.4 Å². The van der Waals surface area contributed by atoms with Crippen LogP contribution >= 0.6 is 0 Å². The molecule has 2 nitrogen and oxygen atoms in total. The van der Waals surface area contributed by atoms with E-state index in [0.717, 1.165) is 29.2 Å². The molecule has 2 aromatic carbocycles. The number of hydrogen-bond acceptors (Lipinski definition) is 2. The van der Waals surface area contributed by atoms with Gasteiger partial charge in [-0.3, -0.25) is 0 Å². The highest BCUT2D eigenvalue weighted by molar-refractivity contribution is 6.01. The van der Waals surface area contributed by atoms with Crippen molar-refractivity contribution in [2.45, 2.75) is 26.7 Å².